The standard InChI is InChI=1S/C20H26O5/c1-20(2,3)19(22)24-14-16-9-10-17(21)18(25-16)11-12-23-13-15-7-5-4-6-8-15/h4-10,16,18H,11-14H2,1-3H3/t16-,18-/m0/s1. The van der Waals surface area contributed by atoms with E-state index in [1.54, 1.807) is 26.8 Å². The number of hydrogen-bond acceptors (Lipinski definition) is 5. The van der Waals surface area contributed by atoms with Crippen molar-refractivity contribution in [2.75, 3.05) is 13.2 Å². The number of carbonyl (C=O) groups is 2. The molecule has 0 spiro atoms. The van der Waals surface area contributed by atoms with E-state index in [4.69, 9.17) is 14.2 Å². The van der Waals surface area contributed by atoms with E-state index >= 15 is 0 Å². The molecule has 0 amide bonds. The highest BCUT2D eigenvalue weighted by molar-refractivity contribution is 5.94. The van der Waals surface area contributed by atoms with Crippen LogP contribution >= 0.6 is 0 Å². The second-order valence-corrected chi connectivity index (χ2v) is 7.10. The molecule has 136 valence electrons. The lowest BCUT2D eigenvalue weighted by molar-refractivity contribution is -0.158. The van der Waals surface area contributed by atoms with Crippen LogP contribution in [0, 0.1) is 5.41 Å². The van der Waals surface area contributed by atoms with Crippen molar-refractivity contribution in [2.24, 2.45) is 5.41 Å². The maximum atomic E-state index is 11.9. The van der Waals surface area contributed by atoms with Gasteiger partial charge in [0.05, 0.1) is 12.0 Å². The van der Waals surface area contributed by atoms with Gasteiger partial charge in [0.25, 0.3) is 0 Å². The Labute approximate surface area is 149 Å². The number of carbonyl (C=O) groups excluding carboxylic acids is 2. The van der Waals surface area contributed by atoms with E-state index in [0.717, 1.165) is 5.56 Å². The molecule has 1 heterocycles. The van der Waals surface area contributed by atoms with Gasteiger partial charge in [0.15, 0.2) is 5.78 Å². The van der Waals surface area contributed by atoms with Gasteiger partial charge in [0.2, 0.25) is 0 Å². The summed E-state index contributed by atoms with van der Waals surface area (Å²) in [5.41, 5.74) is 0.532. The molecule has 2 atom stereocenters. The molecule has 25 heavy (non-hydrogen) atoms. The van der Waals surface area contributed by atoms with E-state index in [2.05, 4.69) is 0 Å². The summed E-state index contributed by atoms with van der Waals surface area (Å²) in [4.78, 5) is 23.7. The third-order valence-corrected chi connectivity index (χ3v) is 3.76. The Morgan fingerprint density at radius 1 is 1.20 bits per heavy atom. The number of rotatable bonds is 7. The molecule has 2 rings (SSSR count). The van der Waals surface area contributed by atoms with Gasteiger partial charge in [-0.2, -0.15) is 0 Å². The average molecular weight is 346 g/mol. The molecule has 0 radical (unpaired) electrons. The van der Waals surface area contributed by atoms with E-state index in [9.17, 15) is 9.59 Å². The highest BCUT2D eigenvalue weighted by atomic mass is 16.6. The van der Waals surface area contributed by atoms with Gasteiger partial charge in [0.1, 0.15) is 18.8 Å². The number of esters is 1. The summed E-state index contributed by atoms with van der Waals surface area (Å²) < 4.78 is 16.6. The molecule has 1 aliphatic heterocycles. The first-order valence-electron chi connectivity index (χ1n) is 8.52. The van der Waals surface area contributed by atoms with Crippen LogP contribution < -0.4 is 0 Å². The van der Waals surface area contributed by atoms with Crippen molar-refractivity contribution < 1.29 is 23.8 Å². The van der Waals surface area contributed by atoms with Crippen LogP contribution in [0.3, 0.4) is 0 Å². The normalized spacial score (nSPS) is 20.5. The Balaban J connectivity index is 1.73. The van der Waals surface area contributed by atoms with Crippen LogP contribution in [-0.4, -0.2) is 37.2 Å². The fourth-order valence-electron chi connectivity index (χ4n) is 2.27. The van der Waals surface area contributed by atoms with Crippen molar-refractivity contribution in [1.82, 2.24) is 0 Å². The molecule has 1 aromatic carbocycles. The zero-order chi connectivity index (χ0) is 18.3. The third kappa shape index (κ3) is 6.44. The minimum atomic E-state index is -0.557. The minimum Gasteiger partial charge on any atom is -0.462 e. The molecular formula is C20H26O5. The largest absolute Gasteiger partial charge is 0.462 e. The van der Waals surface area contributed by atoms with E-state index in [-0.39, 0.29) is 18.4 Å². The smallest absolute Gasteiger partial charge is 0.311 e. The second kappa shape index (κ2) is 8.92. The molecule has 0 bridgehead atoms. The van der Waals surface area contributed by atoms with Gasteiger partial charge in [0, 0.05) is 13.0 Å². The monoisotopic (exact) mass is 346 g/mol. The lowest BCUT2D eigenvalue weighted by Crippen LogP contribution is -2.36. The SMILES string of the molecule is CC(C)(C)C(=O)OC[C@@H]1C=CC(=O)[C@H](CCOCc2ccccc2)O1. The molecule has 0 aromatic heterocycles. The van der Waals surface area contributed by atoms with Crippen molar-refractivity contribution in [3.8, 4) is 0 Å². The summed E-state index contributed by atoms with van der Waals surface area (Å²) in [5.74, 6) is -0.370. The Bertz CT molecular complexity index is 600. The summed E-state index contributed by atoms with van der Waals surface area (Å²) in [5, 5.41) is 0. The zero-order valence-corrected chi connectivity index (χ0v) is 15.1. The van der Waals surface area contributed by atoms with Gasteiger partial charge in [-0.15, -0.1) is 0 Å². The van der Waals surface area contributed by atoms with E-state index in [1.807, 2.05) is 30.3 Å². The van der Waals surface area contributed by atoms with Crippen molar-refractivity contribution >= 4 is 11.8 Å². The Hall–Kier alpha value is -1.98. The average Bonchev–Trinajstić information content (AvgIpc) is 2.58. The lowest BCUT2D eigenvalue weighted by atomic mass is 9.97. The van der Waals surface area contributed by atoms with E-state index in [1.165, 1.54) is 6.08 Å². The molecule has 5 nitrogen and oxygen atoms in total. The first-order valence-corrected chi connectivity index (χ1v) is 8.52. The maximum Gasteiger partial charge on any atom is 0.311 e. The molecule has 0 unspecified atom stereocenters. The maximum absolute atomic E-state index is 11.9. The summed E-state index contributed by atoms with van der Waals surface area (Å²) >= 11 is 0. The lowest BCUT2D eigenvalue weighted by Gasteiger charge is -2.26. The predicted molar refractivity (Wildman–Crippen MR) is 93.9 cm³/mol. The minimum absolute atomic E-state index is 0.0818. The quantitative estimate of drug-likeness (QED) is 0.561. The van der Waals surface area contributed by atoms with Gasteiger partial charge in [-0.1, -0.05) is 30.3 Å². The van der Waals surface area contributed by atoms with Crippen LogP contribution in [0.15, 0.2) is 42.5 Å². The molecule has 0 saturated carbocycles. The van der Waals surface area contributed by atoms with Crippen molar-refractivity contribution in [2.45, 2.75) is 46.0 Å². The summed E-state index contributed by atoms with van der Waals surface area (Å²) in [7, 11) is 0. The van der Waals surface area contributed by atoms with E-state index < -0.39 is 17.6 Å². The van der Waals surface area contributed by atoms with Gasteiger partial charge in [-0.3, -0.25) is 9.59 Å². The topological polar surface area (TPSA) is 61.8 Å². The number of hydrogen-bond donors (Lipinski definition) is 0. The Kier molecular flexibility index (Phi) is 6.91. The van der Waals surface area contributed by atoms with Crippen molar-refractivity contribution in [3.63, 3.8) is 0 Å². The highest BCUT2D eigenvalue weighted by Gasteiger charge is 2.28. The molecule has 1 aromatic rings. The first kappa shape index (κ1) is 19.3. The zero-order valence-electron chi connectivity index (χ0n) is 15.1. The molecule has 0 aliphatic carbocycles. The van der Waals surface area contributed by atoms with Crippen LogP contribution in [0.2, 0.25) is 0 Å². The van der Waals surface area contributed by atoms with Gasteiger partial charge >= 0.3 is 5.97 Å². The van der Waals surface area contributed by atoms with Gasteiger partial charge in [-0.05, 0) is 38.5 Å². The summed E-state index contributed by atoms with van der Waals surface area (Å²) in [6, 6.07) is 9.85. The molecule has 0 fully saturated rings. The van der Waals surface area contributed by atoms with Crippen LogP contribution in [0.5, 0.6) is 0 Å². The summed E-state index contributed by atoms with van der Waals surface area (Å²) in [6.07, 6.45) is 2.66. The van der Waals surface area contributed by atoms with Gasteiger partial charge in [-0.25, -0.2) is 0 Å². The van der Waals surface area contributed by atoms with Crippen LogP contribution in [0.4, 0.5) is 0 Å². The molecule has 5 heteroatoms. The Morgan fingerprint density at radius 2 is 1.92 bits per heavy atom. The predicted octanol–water partition coefficient (Wildman–Crippen LogP) is 3.08. The van der Waals surface area contributed by atoms with Crippen LogP contribution in [0.25, 0.3) is 0 Å². The third-order valence-electron chi connectivity index (χ3n) is 3.76. The Morgan fingerprint density at radius 3 is 2.60 bits per heavy atom. The second-order valence-electron chi connectivity index (χ2n) is 7.10. The molecule has 1 aliphatic rings. The van der Waals surface area contributed by atoms with Crippen molar-refractivity contribution in [3.05, 3.63) is 48.0 Å². The number of ketones is 1. The molecule has 0 N–H and O–H groups in total. The van der Waals surface area contributed by atoms with E-state index in [0.29, 0.717) is 19.6 Å². The fraction of sp³-hybridized carbons (Fsp3) is 0.500. The van der Waals surface area contributed by atoms with Crippen LogP contribution in [0.1, 0.15) is 32.8 Å². The van der Waals surface area contributed by atoms with Gasteiger partial charge < -0.3 is 14.2 Å². The molecular weight excluding hydrogens is 320 g/mol. The number of ether oxygens (including phenoxy) is 3. The van der Waals surface area contributed by atoms with Crippen LogP contribution in [-0.2, 0) is 30.4 Å². The summed E-state index contributed by atoms with van der Waals surface area (Å²) in [6.45, 7) is 6.43. The first-order chi connectivity index (χ1) is 11.9. The molecule has 0 saturated heterocycles. The number of benzene rings is 1. The fourth-order valence-corrected chi connectivity index (χ4v) is 2.27. The van der Waals surface area contributed by atoms with Crippen molar-refractivity contribution in [1.29, 1.82) is 0 Å². The highest BCUT2D eigenvalue weighted by Crippen LogP contribution is 2.18.